The molecule has 0 saturated heterocycles. The molecule has 2 heterocycles. The van der Waals surface area contributed by atoms with Crippen LogP contribution >= 0.6 is 46.3 Å². The third-order valence-corrected chi connectivity index (χ3v) is 7.91. The lowest BCUT2D eigenvalue weighted by Gasteiger charge is -2.17. The monoisotopic (exact) mass is 487 g/mol. The van der Waals surface area contributed by atoms with Gasteiger partial charge in [0.2, 0.25) is 5.52 Å². The van der Waals surface area contributed by atoms with Crippen LogP contribution in [-0.2, 0) is 16.7 Å². The van der Waals surface area contributed by atoms with E-state index in [2.05, 4.69) is 11.8 Å². The Morgan fingerprint density at radius 2 is 1.90 bits per heavy atom. The number of benzene rings is 2. The van der Waals surface area contributed by atoms with E-state index in [9.17, 15) is 13.0 Å². The molecule has 0 radical (unpaired) electrons. The second-order valence-electron chi connectivity index (χ2n) is 6.43. The van der Waals surface area contributed by atoms with Crippen LogP contribution in [0.15, 0.2) is 46.3 Å². The van der Waals surface area contributed by atoms with Crippen molar-refractivity contribution in [2.75, 3.05) is 17.2 Å². The summed E-state index contributed by atoms with van der Waals surface area (Å²) in [6, 6.07) is 11.4. The Morgan fingerprint density at radius 1 is 1.17 bits per heavy atom. The first kappa shape index (κ1) is 21.0. The summed E-state index contributed by atoms with van der Waals surface area (Å²) in [4.78, 5) is 3.30. The van der Waals surface area contributed by atoms with E-state index < -0.39 is 10.1 Å². The number of thiazole rings is 1. The Morgan fingerprint density at radius 3 is 2.62 bits per heavy atom. The van der Waals surface area contributed by atoms with Crippen LogP contribution in [0.2, 0.25) is 10.0 Å². The fourth-order valence-corrected chi connectivity index (χ4v) is 6.30. The summed E-state index contributed by atoms with van der Waals surface area (Å²) in [5, 5.41) is 3.17. The maximum absolute atomic E-state index is 11.3. The molecule has 0 bridgehead atoms. The van der Waals surface area contributed by atoms with Gasteiger partial charge in [0.25, 0.3) is 15.1 Å². The second kappa shape index (κ2) is 8.09. The standard InChI is InChI=1S/C19H16Cl2N2O3S3/c1-2-22-14-9-12(20)3-5-16(14)27-18(22)11-19-23(7-8-29(24,25)26)15-10-13(21)4-6-17(15)28-19/h3-6,9-11H,2,7-8H2,1H3/p+1. The van der Waals surface area contributed by atoms with Crippen LogP contribution in [0.3, 0.4) is 0 Å². The number of hydrogen-bond donors (Lipinski definition) is 1. The van der Waals surface area contributed by atoms with Gasteiger partial charge in [-0.2, -0.15) is 13.0 Å². The van der Waals surface area contributed by atoms with Crippen molar-refractivity contribution in [1.29, 1.82) is 0 Å². The highest BCUT2D eigenvalue weighted by molar-refractivity contribution is 8.03. The zero-order valence-electron chi connectivity index (χ0n) is 15.3. The van der Waals surface area contributed by atoms with Gasteiger partial charge in [0.05, 0.1) is 16.8 Å². The fraction of sp³-hybridized carbons (Fsp3) is 0.211. The molecular weight excluding hydrogens is 471 g/mol. The van der Waals surface area contributed by atoms with Crippen LogP contribution in [0.4, 0.5) is 5.69 Å². The first-order valence-electron chi connectivity index (χ1n) is 8.79. The van der Waals surface area contributed by atoms with Crippen molar-refractivity contribution >= 4 is 78.4 Å². The van der Waals surface area contributed by atoms with Crippen molar-refractivity contribution in [1.82, 2.24) is 0 Å². The van der Waals surface area contributed by atoms with Crippen LogP contribution in [-0.4, -0.2) is 25.3 Å². The zero-order valence-corrected chi connectivity index (χ0v) is 19.3. The fourth-order valence-electron chi connectivity index (χ4n) is 3.23. The smallest absolute Gasteiger partial charge is 0.271 e. The van der Waals surface area contributed by atoms with Crippen LogP contribution in [0.1, 0.15) is 11.9 Å². The number of fused-ring (bicyclic) bond motifs is 2. The van der Waals surface area contributed by atoms with Gasteiger partial charge in [0.1, 0.15) is 10.5 Å². The van der Waals surface area contributed by atoms with Gasteiger partial charge in [0, 0.05) is 27.6 Å². The number of hydrogen-bond acceptors (Lipinski definition) is 5. The molecule has 0 saturated carbocycles. The van der Waals surface area contributed by atoms with Crippen molar-refractivity contribution in [2.45, 2.75) is 18.4 Å². The first-order chi connectivity index (χ1) is 13.7. The molecule has 5 nitrogen and oxygen atoms in total. The first-order valence-corrected chi connectivity index (χ1v) is 12.8. The van der Waals surface area contributed by atoms with Crippen molar-refractivity contribution in [3.8, 4) is 0 Å². The van der Waals surface area contributed by atoms with Crippen molar-refractivity contribution in [2.24, 2.45) is 0 Å². The molecule has 0 fully saturated rings. The maximum atomic E-state index is 11.3. The number of aromatic nitrogens is 1. The molecule has 0 aliphatic carbocycles. The maximum Gasteiger partial charge on any atom is 0.271 e. The average molecular weight is 488 g/mol. The molecule has 152 valence electrons. The van der Waals surface area contributed by atoms with Crippen LogP contribution in [0.5, 0.6) is 0 Å². The Labute approximate surface area is 187 Å². The van der Waals surface area contributed by atoms with Crippen molar-refractivity contribution < 1.29 is 17.5 Å². The second-order valence-corrected chi connectivity index (χ2v) is 11.0. The largest absolute Gasteiger partial charge is 0.335 e. The predicted molar refractivity (Wildman–Crippen MR) is 122 cm³/mol. The summed E-state index contributed by atoms with van der Waals surface area (Å²) in [7, 11) is -4.09. The van der Waals surface area contributed by atoms with Crippen molar-refractivity contribution in [3.63, 3.8) is 0 Å². The Bertz CT molecular complexity index is 1240. The number of rotatable bonds is 5. The molecular formula is C19H17Cl2N2O3S3+. The minimum absolute atomic E-state index is 0.133. The highest BCUT2D eigenvalue weighted by atomic mass is 35.5. The van der Waals surface area contributed by atoms with Gasteiger partial charge < -0.3 is 4.90 Å². The molecule has 1 N–H and O–H groups in total. The highest BCUT2D eigenvalue weighted by Crippen LogP contribution is 2.47. The Balaban J connectivity index is 1.81. The number of thioether (sulfide) groups is 1. The van der Waals surface area contributed by atoms with E-state index in [1.807, 2.05) is 47.0 Å². The molecule has 1 aliphatic heterocycles. The number of halogens is 2. The lowest BCUT2D eigenvalue weighted by molar-refractivity contribution is -0.664. The van der Waals surface area contributed by atoms with Gasteiger partial charge in [-0.15, -0.1) is 0 Å². The normalized spacial score (nSPS) is 15.4. The molecule has 0 unspecified atom stereocenters. The molecule has 1 aliphatic rings. The summed E-state index contributed by atoms with van der Waals surface area (Å²) in [6.07, 6.45) is 2.05. The molecule has 1 aromatic heterocycles. The van der Waals surface area contributed by atoms with Crippen molar-refractivity contribution in [3.05, 3.63) is 56.5 Å². The molecule has 10 heteroatoms. The summed E-state index contributed by atoms with van der Waals surface area (Å²) in [5.41, 5.74) is 1.90. The van der Waals surface area contributed by atoms with Gasteiger partial charge >= 0.3 is 0 Å². The summed E-state index contributed by atoms with van der Waals surface area (Å²) < 4.78 is 34.8. The van der Waals surface area contributed by atoms with Gasteiger partial charge in [-0.1, -0.05) is 46.3 Å². The van der Waals surface area contributed by atoms with Gasteiger partial charge in [-0.25, -0.2) is 0 Å². The number of nitrogens with zero attached hydrogens (tertiary/aromatic N) is 2. The summed E-state index contributed by atoms with van der Waals surface area (Å²) in [6.45, 7) is 2.98. The van der Waals surface area contributed by atoms with Gasteiger partial charge in [-0.3, -0.25) is 4.55 Å². The minimum atomic E-state index is -4.09. The minimum Gasteiger partial charge on any atom is -0.335 e. The van der Waals surface area contributed by atoms with E-state index in [1.54, 1.807) is 23.1 Å². The lowest BCUT2D eigenvalue weighted by Crippen LogP contribution is -2.38. The van der Waals surface area contributed by atoms with E-state index in [1.165, 1.54) is 0 Å². The summed E-state index contributed by atoms with van der Waals surface area (Å²) in [5.74, 6) is -0.368. The molecule has 0 atom stereocenters. The third kappa shape index (κ3) is 4.42. The van der Waals surface area contributed by atoms with E-state index in [0.717, 1.165) is 37.4 Å². The molecule has 0 amide bonds. The quantitative estimate of drug-likeness (QED) is 0.390. The van der Waals surface area contributed by atoms with Gasteiger partial charge in [0.15, 0.2) is 6.54 Å². The van der Waals surface area contributed by atoms with E-state index in [-0.39, 0.29) is 12.3 Å². The summed E-state index contributed by atoms with van der Waals surface area (Å²) >= 11 is 15.5. The third-order valence-electron chi connectivity index (χ3n) is 4.52. The number of anilines is 1. The molecule has 2 aromatic carbocycles. The topological polar surface area (TPSA) is 61.5 Å². The Hall–Kier alpha value is -1.29. The molecule has 4 rings (SSSR count). The lowest BCUT2D eigenvalue weighted by atomic mass is 10.3. The van der Waals surface area contributed by atoms with E-state index in [4.69, 9.17) is 23.2 Å². The molecule has 0 spiro atoms. The molecule has 29 heavy (non-hydrogen) atoms. The average Bonchev–Trinajstić information content (AvgIpc) is 3.16. The predicted octanol–water partition coefficient (Wildman–Crippen LogP) is 5.31. The van der Waals surface area contributed by atoms with Crippen LogP contribution in [0.25, 0.3) is 16.3 Å². The Kier molecular flexibility index (Phi) is 5.85. The van der Waals surface area contributed by atoms with Crippen LogP contribution in [0, 0.1) is 0 Å². The van der Waals surface area contributed by atoms with E-state index in [0.29, 0.717) is 10.0 Å². The van der Waals surface area contributed by atoms with Gasteiger partial charge in [-0.05, 0) is 37.3 Å². The van der Waals surface area contributed by atoms with Crippen LogP contribution < -0.4 is 9.47 Å². The number of aryl methyl sites for hydroxylation is 1. The highest BCUT2D eigenvalue weighted by Gasteiger charge is 2.28. The zero-order chi connectivity index (χ0) is 20.8. The van der Waals surface area contributed by atoms with E-state index >= 15 is 0 Å². The molecule has 3 aromatic rings. The SMILES string of the molecule is CCN1C(=Cc2sc3ccc(Cl)cc3[n+]2CCS(=O)(=O)O)Sc2ccc(Cl)cc21.